The van der Waals surface area contributed by atoms with Crippen molar-refractivity contribution in [1.29, 1.82) is 0 Å². The van der Waals surface area contributed by atoms with Crippen molar-refractivity contribution in [3.63, 3.8) is 0 Å². The first-order valence-corrected chi connectivity index (χ1v) is 7.56. The van der Waals surface area contributed by atoms with Crippen LogP contribution in [-0.4, -0.2) is 0 Å². The number of rotatable bonds is 6. The minimum atomic E-state index is 0. The van der Waals surface area contributed by atoms with E-state index >= 15 is 0 Å². The van der Waals surface area contributed by atoms with Gasteiger partial charge in [-0.15, -0.1) is 0 Å². The zero-order valence-corrected chi connectivity index (χ0v) is 18.5. The van der Waals surface area contributed by atoms with Crippen LogP contribution in [0.4, 0.5) is 0 Å². The molecule has 0 bridgehead atoms. The van der Waals surface area contributed by atoms with Gasteiger partial charge in [0.25, 0.3) is 0 Å². The molecule has 2 aliphatic carbocycles. The monoisotopic (exact) mass is 494 g/mol. The van der Waals surface area contributed by atoms with Gasteiger partial charge in [0, 0.05) is 0 Å². The molecule has 0 nitrogen and oxygen atoms in total. The Balaban J connectivity index is -0.000000270. The molecule has 2 rings (SSSR count). The number of hydrogen-bond acceptors (Lipinski definition) is 0. The summed E-state index contributed by atoms with van der Waals surface area (Å²) < 4.78 is 0. The van der Waals surface area contributed by atoms with Gasteiger partial charge in [-0.3, -0.25) is 0 Å². The third kappa shape index (κ3) is 13.8. The largest absolute Gasteiger partial charge is 2.00 e. The molecular weight excluding hydrogens is 466 g/mol. The van der Waals surface area contributed by atoms with Crippen LogP contribution in [0.2, 0.25) is 0 Å². The molecule has 21 heavy (non-hydrogen) atoms. The van der Waals surface area contributed by atoms with Crippen molar-refractivity contribution >= 4 is 0 Å². The summed E-state index contributed by atoms with van der Waals surface area (Å²) in [5.41, 5.74) is 3.22. The Morgan fingerprint density at radius 2 is 1.14 bits per heavy atom. The van der Waals surface area contributed by atoms with Crippen molar-refractivity contribution in [1.82, 2.24) is 0 Å². The molecular formula is C18H28Cl2Hf. The van der Waals surface area contributed by atoms with Crippen LogP contribution < -0.4 is 24.8 Å². The first-order chi connectivity index (χ1) is 8.86. The van der Waals surface area contributed by atoms with Crippen LogP contribution in [0.5, 0.6) is 0 Å². The van der Waals surface area contributed by atoms with Crippen LogP contribution in [0.25, 0.3) is 0 Å². The summed E-state index contributed by atoms with van der Waals surface area (Å²) in [6.07, 6.45) is 23.6. The fourth-order valence-corrected chi connectivity index (χ4v) is 2.16. The molecule has 0 heterocycles. The topological polar surface area (TPSA) is 0 Å². The molecule has 118 valence electrons. The Morgan fingerprint density at radius 1 is 0.762 bits per heavy atom. The number of allylic oxidation sites excluding steroid dienone is 8. The van der Waals surface area contributed by atoms with Crippen LogP contribution in [0.1, 0.15) is 65.2 Å². The van der Waals surface area contributed by atoms with Gasteiger partial charge < -0.3 is 24.8 Å². The maximum Gasteiger partial charge on any atom is 2.00 e. The SMILES string of the molecule is CCCCC1=CC=CC1.CCCCC1=CC=CC1.[Cl-].[Cl-].[Hf+2]. The predicted molar refractivity (Wildman–Crippen MR) is 82.7 cm³/mol. The van der Waals surface area contributed by atoms with Gasteiger partial charge in [-0.1, -0.05) is 74.3 Å². The maximum atomic E-state index is 2.25. The second-order valence-corrected chi connectivity index (χ2v) is 5.12. The Bertz CT molecular complexity index is 307. The van der Waals surface area contributed by atoms with Crippen LogP contribution in [0.15, 0.2) is 47.6 Å². The zero-order valence-electron chi connectivity index (χ0n) is 13.4. The van der Waals surface area contributed by atoms with Crippen LogP contribution >= 0.6 is 0 Å². The van der Waals surface area contributed by atoms with Crippen molar-refractivity contribution in [3.05, 3.63) is 47.6 Å². The zero-order chi connectivity index (χ0) is 13.1. The summed E-state index contributed by atoms with van der Waals surface area (Å²) in [5, 5.41) is 0. The van der Waals surface area contributed by atoms with Crippen molar-refractivity contribution in [2.24, 2.45) is 0 Å². The minimum absolute atomic E-state index is 0. The number of halogens is 2. The van der Waals surface area contributed by atoms with E-state index in [2.05, 4.69) is 50.3 Å². The molecule has 2 aliphatic rings. The maximum absolute atomic E-state index is 2.25. The van der Waals surface area contributed by atoms with Gasteiger partial charge in [0.2, 0.25) is 0 Å². The van der Waals surface area contributed by atoms with E-state index in [1.54, 1.807) is 11.1 Å². The van der Waals surface area contributed by atoms with Gasteiger partial charge in [-0.05, 0) is 38.5 Å². The molecule has 0 aliphatic heterocycles. The summed E-state index contributed by atoms with van der Waals surface area (Å²) in [6, 6.07) is 0. The molecule has 0 aromatic heterocycles. The molecule has 0 N–H and O–H groups in total. The standard InChI is InChI=1S/2C9H14.2ClH.Hf/c2*1-2-3-6-9-7-4-5-8-9;;;/h2*4-5,7H,2-3,6,8H2,1H3;2*1H;/q;;;;+2/p-2. The van der Waals surface area contributed by atoms with Crippen molar-refractivity contribution in [2.45, 2.75) is 65.2 Å². The Kier molecular flexibility index (Phi) is 23.1. The summed E-state index contributed by atoms with van der Waals surface area (Å²) in [6.45, 7) is 4.48. The Labute approximate surface area is 162 Å². The molecule has 0 atom stereocenters. The molecule has 0 aromatic carbocycles. The van der Waals surface area contributed by atoms with E-state index in [0.717, 1.165) is 0 Å². The van der Waals surface area contributed by atoms with Crippen LogP contribution in [-0.2, 0) is 25.8 Å². The van der Waals surface area contributed by atoms with E-state index in [1.807, 2.05) is 0 Å². The van der Waals surface area contributed by atoms with Crippen molar-refractivity contribution < 1.29 is 50.7 Å². The third-order valence-corrected chi connectivity index (χ3v) is 3.40. The quantitative estimate of drug-likeness (QED) is 0.462. The second-order valence-electron chi connectivity index (χ2n) is 5.12. The van der Waals surface area contributed by atoms with Crippen molar-refractivity contribution in [2.75, 3.05) is 0 Å². The molecule has 0 saturated heterocycles. The Hall–Kier alpha value is 0.410. The van der Waals surface area contributed by atoms with Gasteiger partial charge in [0.1, 0.15) is 0 Å². The second kappa shape index (κ2) is 18.5. The number of hydrogen-bond donors (Lipinski definition) is 0. The van der Waals surface area contributed by atoms with Gasteiger partial charge >= 0.3 is 25.8 Å². The first kappa shape index (κ1) is 26.3. The summed E-state index contributed by atoms with van der Waals surface area (Å²) >= 11 is 0. The fraction of sp³-hybridized carbons (Fsp3) is 0.556. The van der Waals surface area contributed by atoms with Gasteiger partial charge in [0.15, 0.2) is 0 Å². The molecule has 0 unspecified atom stereocenters. The van der Waals surface area contributed by atoms with E-state index in [4.69, 9.17) is 0 Å². The smallest absolute Gasteiger partial charge is 1.00 e. The molecule has 0 fully saturated rings. The molecule has 0 aromatic rings. The van der Waals surface area contributed by atoms with Gasteiger partial charge in [-0.25, -0.2) is 0 Å². The third-order valence-electron chi connectivity index (χ3n) is 3.40. The average molecular weight is 494 g/mol. The minimum Gasteiger partial charge on any atom is -1.00 e. The first-order valence-electron chi connectivity index (χ1n) is 7.56. The van der Waals surface area contributed by atoms with E-state index < -0.39 is 0 Å². The fourth-order valence-electron chi connectivity index (χ4n) is 2.16. The molecule has 0 spiro atoms. The summed E-state index contributed by atoms with van der Waals surface area (Å²) in [4.78, 5) is 0. The van der Waals surface area contributed by atoms with E-state index in [-0.39, 0.29) is 50.7 Å². The summed E-state index contributed by atoms with van der Waals surface area (Å²) in [7, 11) is 0. The Morgan fingerprint density at radius 3 is 1.38 bits per heavy atom. The van der Waals surface area contributed by atoms with E-state index in [0.29, 0.717) is 0 Å². The van der Waals surface area contributed by atoms with E-state index in [9.17, 15) is 0 Å². The predicted octanol–water partition coefficient (Wildman–Crippen LogP) is 0.131. The van der Waals surface area contributed by atoms with Gasteiger partial charge in [-0.2, -0.15) is 0 Å². The number of unbranched alkanes of at least 4 members (excludes halogenated alkanes) is 2. The molecule has 0 radical (unpaired) electrons. The van der Waals surface area contributed by atoms with Crippen LogP contribution in [0, 0.1) is 0 Å². The molecule has 0 saturated carbocycles. The van der Waals surface area contributed by atoms with Crippen LogP contribution in [0.3, 0.4) is 0 Å². The van der Waals surface area contributed by atoms with Gasteiger partial charge in [0.05, 0.1) is 0 Å². The average Bonchev–Trinajstić information content (AvgIpc) is 3.07. The molecule has 0 amide bonds. The molecule has 3 heteroatoms. The van der Waals surface area contributed by atoms with Crippen molar-refractivity contribution in [3.8, 4) is 0 Å². The summed E-state index contributed by atoms with van der Waals surface area (Å²) in [5.74, 6) is 0. The van der Waals surface area contributed by atoms with E-state index in [1.165, 1.54) is 51.4 Å². The normalized spacial score (nSPS) is 14.0.